The lowest BCUT2D eigenvalue weighted by atomic mass is 9.98. The van der Waals surface area contributed by atoms with Crippen LogP contribution >= 0.6 is 0 Å². The average molecular weight is 901 g/mol. The minimum atomic E-state index is -0.325. The molecule has 6 nitrogen and oxygen atoms in total. The van der Waals surface area contributed by atoms with E-state index in [2.05, 4.69) is 196 Å². The zero-order chi connectivity index (χ0) is 47.0. The minimum Gasteiger partial charge on any atom is -0.353 e. The summed E-state index contributed by atoms with van der Waals surface area (Å²) in [4.78, 5) is 15.0. The summed E-state index contributed by atoms with van der Waals surface area (Å²) in [5.41, 5.74) is 17.7. The number of nitro benzene ring substituents is 1. The predicted molar refractivity (Wildman–Crippen MR) is 290 cm³/mol. The van der Waals surface area contributed by atoms with Crippen molar-refractivity contribution in [2.75, 3.05) is 0 Å². The van der Waals surface area contributed by atoms with Crippen LogP contribution in [-0.2, 0) is 0 Å². The molecule has 0 amide bonds. The number of H-pyrrole nitrogens is 1. The van der Waals surface area contributed by atoms with Crippen molar-refractivity contribution >= 4 is 49.3 Å². The molecule has 13 rings (SSSR count). The van der Waals surface area contributed by atoms with E-state index in [-0.39, 0.29) is 10.6 Å². The molecule has 0 radical (unpaired) electrons. The fourth-order valence-electron chi connectivity index (χ4n) is 9.85. The molecule has 0 fully saturated rings. The molecule has 0 spiro atoms. The first-order chi connectivity index (χ1) is 34.5. The Balaban J connectivity index is 0.000000144. The first-order valence-electron chi connectivity index (χ1n) is 23.4. The molecule has 10 aromatic carbocycles. The highest BCUT2D eigenvalue weighted by molar-refractivity contribution is 6.16. The highest BCUT2D eigenvalue weighted by Crippen LogP contribution is 2.38. The third-order valence-corrected chi connectivity index (χ3v) is 13.3. The van der Waals surface area contributed by atoms with Crippen LogP contribution in [0.1, 0.15) is 0 Å². The van der Waals surface area contributed by atoms with E-state index in [0.717, 1.165) is 50.1 Å². The molecule has 3 aromatic heterocycles. The second-order valence-corrected chi connectivity index (χ2v) is 17.5. The monoisotopic (exact) mass is 900 g/mol. The largest absolute Gasteiger partial charge is 0.353 e. The van der Waals surface area contributed by atoms with Crippen molar-refractivity contribution in [3.05, 3.63) is 271 Å². The van der Waals surface area contributed by atoms with Crippen LogP contribution in [0.15, 0.2) is 261 Å². The smallest absolute Gasteiger partial charge is 0.277 e. The molecule has 6 heteroatoms. The van der Waals surface area contributed by atoms with E-state index in [9.17, 15) is 10.1 Å². The van der Waals surface area contributed by atoms with Gasteiger partial charge in [0.05, 0.1) is 27.0 Å². The Morgan fingerprint density at radius 3 is 1.41 bits per heavy atom. The molecule has 70 heavy (non-hydrogen) atoms. The van der Waals surface area contributed by atoms with Gasteiger partial charge in [-0.1, -0.05) is 176 Å². The summed E-state index contributed by atoms with van der Waals surface area (Å²) in [7, 11) is 0. The van der Waals surface area contributed by atoms with Crippen molar-refractivity contribution < 1.29 is 4.92 Å². The van der Waals surface area contributed by atoms with Crippen LogP contribution in [0, 0.1) is 10.1 Å². The second kappa shape index (κ2) is 17.9. The number of aromatic amines is 1. The van der Waals surface area contributed by atoms with Crippen LogP contribution in [0.2, 0.25) is 0 Å². The number of nitrogens with one attached hydrogen (secondary N) is 1. The molecule has 332 valence electrons. The zero-order valence-corrected chi connectivity index (χ0v) is 38.0. The molecule has 3 heterocycles. The normalized spacial score (nSPS) is 11.3. The molecule has 0 unspecified atom stereocenters. The van der Waals surface area contributed by atoms with Crippen LogP contribution in [0.3, 0.4) is 0 Å². The van der Waals surface area contributed by atoms with Gasteiger partial charge >= 0.3 is 0 Å². The van der Waals surface area contributed by atoms with E-state index in [1.54, 1.807) is 18.2 Å². The van der Waals surface area contributed by atoms with Crippen LogP contribution in [-0.4, -0.2) is 19.0 Å². The topological polar surface area (TPSA) is 68.8 Å². The van der Waals surface area contributed by atoms with Crippen molar-refractivity contribution in [1.29, 1.82) is 0 Å². The summed E-state index contributed by atoms with van der Waals surface area (Å²) in [6.45, 7) is 0. The van der Waals surface area contributed by atoms with Gasteiger partial charge in [0.1, 0.15) is 0 Å². The Morgan fingerprint density at radius 2 is 0.843 bits per heavy atom. The van der Waals surface area contributed by atoms with Gasteiger partial charge < -0.3 is 14.1 Å². The quantitative estimate of drug-likeness (QED) is 0.122. The maximum absolute atomic E-state index is 11.6. The van der Waals surface area contributed by atoms with E-state index >= 15 is 0 Å². The van der Waals surface area contributed by atoms with E-state index < -0.39 is 0 Å². The highest BCUT2D eigenvalue weighted by Gasteiger charge is 2.17. The second-order valence-electron chi connectivity index (χ2n) is 17.5. The SMILES string of the molecule is O=[N+]([O-])c1ccccc1-c1ccc2ccn(-c3cc(-c4ccccc4)cc(-c4ccccc4)c3)c2c1.c1ccc(-c2cc(-c3ccccc3)cc(-n3ccc4ccc5c6ccccc6[nH]c5c43)c2)cc1. The van der Waals surface area contributed by atoms with Gasteiger partial charge in [0.15, 0.2) is 0 Å². The Kier molecular flexibility index (Phi) is 10.7. The molecule has 0 saturated heterocycles. The van der Waals surface area contributed by atoms with Gasteiger partial charge in [0, 0.05) is 51.5 Å². The first kappa shape index (κ1) is 41.9. The first-order valence-corrected chi connectivity index (χ1v) is 23.4. The summed E-state index contributed by atoms with van der Waals surface area (Å²) in [6.07, 6.45) is 4.25. The average Bonchev–Trinajstić information content (AvgIpc) is 4.17. The van der Waals surface area contributed by atoms with Gasteiger partial charge in [-0.25, -0.2) is 0 Å². The van der Waals surface area contributed by atoms with E-state index in [0.29, 0.717) is 5.56 Å². The predicted octanol–water partition coefficient (Wildman–Crippen LogP) is 17.1. The summed E-state index contributed by atoms with van der Waals surface area (Å²) in [5.74, 6) is 0. The minimum absolute atomic E-state index is 0.104. The highest BCUT2D eigenvalue weighted by atomic mass is 16.6. The lowest BCUT2D eigenvalue weighted by Crippen LogP contribution is -1.95. The van der Waals surface area contributed by atoms with Gasteiger partial charge in [-0.05, 0) is 122 Å². The van der Waals surface area contributed by atoms with Gasteiger partial charge in [-0.3, -0.25) is 10.1 Å². The maximum Gasteiger partial charge on any atom is 0.277 e. The van der Waals surface area contributed by atoms with Crippen LogP contribution < -0.4 is 0 Å². The molecular formula is C64H44N4O2. The van der Waals surface area contributed by atoms with Crippen molar-refractivity contribution in [2.24, 2.45) is 0 Å². The van der Waals surface area contributed by atoms with Gasteiger partial charge in [-0.15, -0.1) is 0 Å². The number of aromatic nitrogens is 3. The van der Waals surface area contributed by atoms with Crippen molar-refractivity contribution in [2.45, 2.75) is 0 Å². The number of benzene rings is 10. The molecule has 0 atom stereocenters. The summed E-state index contributed by atoms with van der Waals surface area (Å²) in [5, 5.41) is 16.5. The third kappa shape index (κ3) is 7.89. The van der Waals surface area contributed by atoms with E-state index in [4.69, 9.17) is 0 Å². The fourth-order valence-corrected chi connectivity index (χ4v) is 9.85. The molecule has 0 aliphatic heterocycles. The maximum atomic E-state index is 11.6. The van der Waals surface area contributed by atoms with Crippen molar-refractivity contribution in [3.8, 4) is 67.0 Å². The molecule has 0 saturated carbocycles. The Morgan fingerprint density at radius 1 is 0.371 bits per heavy atom. The van der Waals surface area contributed by atoms with Gasteiger partial charge in [0.2, 0.25) is 0 Å². The van der Waals surface area contributed by atoms with Crippen molar-refractivity contribution in [3.63, 3.8) is 0 Å². The number of rotatable bonds is 8. The number of nitrogens with zero attached hydrogens (tertiary/aromatic N) is 3. The molecule has 13 aromatic rings. The summed E-state index contributed by atoms with van der Waals surface area (Å²) >= 11 is 0. The number of hydrogen-bond acceptors (Lipinski definition) is 2. The van der Waals surface area contributed by atoms with E-state index in [1.807, 2.05) is 60.7 Å². The summed E-state index contributed by atoms with van der Waals surface area (Å²) < 4.78 is 4.48. The van der Waals surface area contributed by atoms with Crippen LogP contribution in [0.25, 0.3) is 111 Å². The van der Waals surface area contributed by atoms with Crippen LogP contribution in [0.5, 0.6) is 0 Å². The number of para-hydroxylation sites is 2. The van der Waals surface area contributed by atoms with E-state index in [1.165, 1.54) is 55.0 Å². The Hall–Kier alpha value is -9.52. The lowest BCUT2D eigenvalue weighted by molar-refractivity contribution is -0.384. The number of fused-ring (bicyclic) bond motifs is 6. The molecule has 0 aliphatic rings. The van der Waals surface area contributed by atoms with Gasteiger partial charge in [0.25, 0.3) is 5.69 Å². The molecule has 1 N–H and O–H groups in total. The third-order valence-electron chi connectivity index (χ3n) is 13.3. The number of hydrogen-bond donors (Lipinski definition) is 1. The number of nitro groups is 1. The van der Waals surface area contributed by atoms with Crippen LogP contribution in [0.4, 0.5) is 5.69 Å². The fraction of sp³-hybridized carbons (Fsp3) is 0. The Bertz CT molecular complexity index is 3910. The standard InChI is InChI=1S/C32H22N2O2.C32H22N2/c35-34(36)31-14-8-7-13-30(31)26-16-15-25-17-18-33(32(25)22-26)29-20-27(23-9-3-1-4-10-23)19-28(21-29)24-11-5-2-6-12-24;1-3-9-22(10-4-1)25-19-26(23-11-5-2-6-12-23)21-27(20-25)34-18-17-24-15-16-29-28-13-7-8-14-30(28)33-31(29)32(24)34/h1-22H;1-21,33H. The molecule has 0 bridgehead atoms. The Labute approximate surface area is 404 Å². The van der Waals surface area contributed by atoms with Crippen molar-refractivity contribution in [1.82, 2.24) is 14.1 Å². The van der Waals surface area contributed by atoms with Gasteiger partial charge in [-0.2, -0.15) is 0 Å². The summed E-state index contributed by atoms with van der Waals surface area (Å²) in [6, 6.07) is 85.6. The molecule has 0 aliphatic carbocycles. The molecular weight excluding hydrogens is 857 g/mol. The lowest BCUT2D eigenvalue weighted by Gasteiger charge is -2.13. The zero-order valence-electron chi connectivity index (χ0n) is 38.0.